The molecule has 0 saturated carbocycles. The Morgan fingerprint density at radius 2 is 1.05 bits per heavy atom. The molecule has 1 saturated heterocycles. The molecule has 6 atom stereocenters. The fraction of sp³-hybridized carbons (Fsp3) is 0.367. The average Bonchev–Trinajstić information content (AvgIpc) is 3.24. The van der Waals surface area contributed by atoms with Crippen molar-refractivity contribution in [2.75, 3.05) is 6.61 Å². The van der Waals surface area contributed by atoms with E-state index in [2.05, 4.69) is 5.32 Å². The molecule has 318 valence electrons. The van der Waals surface area contributed by atoms with Gasteiger partial charge in [-0.2, -0.15) is 0 Å². The Bertz CT molecular complexity index is 2130. The number of aryl methyl sites for hydroxylation is 1. The van der Waals surface area contributed by atoms with Crippen LogP contribution in [0.2, 0.25) is 0 Å². The average molecular weight is 836 g/mol. The SMILES string of the molecule is Cc1ccc(S(=O)(=O)C(CC[C@H]2O[C@H](COCc3ccccc3)[C@H](OCc3ccccc3)[C@H](OCc3ccccc3)[C@H]2OCc2ccccc2)NC(=O)OC(C)(C)C)cc1. The summed E-state index contributed by atoms with van der Waals surface area (Å²) in [6.07, 6.45) is -4.14. The van der Waals surface area contributed by atoms with Gasteiger partial charge in [0.15, 0.2) is 9.84 Å². The normalized spacial score (nSPS) is 20.0. The fourth-order valence-electron chi connectivity index (χ4n) is 7.07. The molecule has 1 aliphatic heterocycles. The molecular formula is C49H57NO9S. The molecule has 1 N–H and O–H groups in total. The van der Waals surface area contributed by atoms with Crippen molar-refractivity contribution in [1.82, 2.24) is 5.32 Å². The highest BCUT2D eigenvalue weighted by Crippen LogP contribution is 2.34. The Hall–Kier alpha value is -4.88. The molecule has 0 aliphatic carbocycles. The predicted molar refractivity (Wildman–Crippen MR) is 231 cm³/mol. The Labute approximate surface area is 355 Å². The van der Waals surface area contributed by atoms with Gasteiger partial charge in [-0.05, 0) is 74.9 Å². The van der Waals surface area contributed by atoms with Gasteiger partial charge in [-0.15, -0.1) is 0 Å². The first kappa shape index (κ1) is 44.7. The van der Waals surface area contributed by atoms with E-state index in [4.69, 9.17) is 28.4 Å². The third-order valence-electron chi connectivity index (χ3n) is 10.1. The maximum Gasteiger partial charge on any atom is 0.408 e. The Morgan fingerprint density at radius 3 is 1.52 bits per heavy atom. The van der Waals surface area contributed by atoms with Gasteiger partial charge in [-0.1, -0.05) is 139 Å². The summed E-state index contributed by atoms with van der Waals surface area (Å²) in [4.78, 5) is 13.3. The van der Waals surface area contributed by atoms with E-state index in [-0.39, 0.29) is 44.2 Å². The first-order chi connectivity index (χ1) is 28.9. The van der Waals surface area contributed by atoms with Crippen molar-refractivity contribution >= 4 is 15.9 Å². The highest BCUT2D eigenvalue weighted by Gasteiger charge is 2.49. The first-order valence-electron chi connectivity index (χ1n) is 20.5. The summed E-state index contributed by atoms with van der Waals surface area (Å²) >= 11 is 0. The van der Waals surface area contributed by atoms with Gasteiger partial charge in [0, 0.05) is 0 Å². The standard InChI is InChI=1S/C49H57NO9S/c1-36-25-27-41(28-26-36)60(52,53)44(50-48(51)59-49(2,3)4)30-29-42-45(55-32-38-19-11-6-12-20-38)47(57-34-40-23-15-8-16-24-40)46(56-33-39-21-13-7-14-22-39)43(58-42)35-54-31-37-17-9-5-10-18-37/h5-28,42-47H,29-35H2,1-4H3,(H,50,51)/t42-,43-,44?,45+,46+,47-/m1/s1. The zero-order chi connectivity index (χ0) is 42.4. The molecule has 0 bridgehead atoms. The van der Waals surface area contributed by atoms with E-state index in [0.29, 0.717) is 6.61 Å². The molecule has 5 aromatic carbocycles. The van der Waals surface area contributed by atoms with E-state index in [1.165, 1.54) is 0 Å². The minimum atomic E-state index is -4.10. The molecule has 0 spiro atoms. The van der Waals surface area contributed by atoms with Crippen molar-refractivity contribution in [3.8, 4) is 0 Å². The van der Waals surface area contributed by atoms with Crippen LogP contribution in [0.25, 0.3) is 0 Å². The topological polar surface area (TPSA) is 119 Å². The highest BCUT2D eigenvalue weighted by molar-refractivity contribution is 7.92. The van der Waals surface area contributed by atoms with Crippen LogP contribution in [0.15, 0.2) is 150 Å². The van der Waals surface area contributed by atoms with Gasteiger partial charge < -0.3 is 33.7 Å². The molecule has 10 nitrogen and oxygen atoms in total. The van der Waals surface area contributed by atoms with Gasteiger partial charge in [-0.25, -0.2) is 13.2 Å². The molecule has 1 amide bonds. The molecule has 0 aromatic heterocycles. The summed E-state index contributed by atoms with van der Waals surface area (Å²) in [5.74, 6) is 0. The number of nitrogens with one attached hydrogen (secondary N) is 1. The monoisotopic (exact) mass is 835 g/mol. The molecule has 1 heterocycles. The smallest absolute Gasteiger partial charge is 0.408 e. The van der Waals surface area contributed by atoms with Gasteiger partial charge in [0.05, 0.1) is 44.0 Å². The number of hydrogen-bond acceptors (Lipinski definition) is 9. The lowest BCUT2D eigenvalue weighted by Crippen LogP contribution is -2.61. The molecule has 11 heteroatoms. The summed E-state index contributed by atoms with van der Waals surface area (Å²) < 4.78 is 68.0. The summed E-state index contributed by atoms with van der Waals surface area (Å²) in [7, 11) is -4.10. The van der Waals surface area contributed by atoms with Crippen LogP contribution < -0.4 is 5.32 Å². The second kappa shape index (κ2) is 21.6. The lowest BCUT2D eigenvalue weighted by molar-refractivity contribution is -0.273. The van der Waals surface area contributed by atoms with E-state index in [1.807, 2.05) is 128 Å². The molecule has 6 rings (SSSR count). The number of amides is 1. The Balaban J connectivity index is 1.36. The molecule has 1 fully saturated rings. The number of sulfone groups is 1. The summed E-state index contributed by atoms with van der Waals surface area (Å²) in [6.45, 7) is 8.35. The molecule has 0 radical (unpaired) electrons. The van der Waals surface area contributed by atoms with Crippen LogP contribution in [0, 0.1) is 6.92 Å². The zero-order valence-corrected chi connectivity index (χ0v) is 35.7. The molecule has 1 aliphatic rings. The van der Waals surface area contributed by atoms with E-state index in [1.54, 1.807) is 45.0 Å². The number of ether oxygens (including phenoxy) is 6. The van der Waals surface area contributed by atoms with Crippen molar-refractivity contribution in [1.29, 1.82) is 0 Å². The van der Waals surface area contributed by atoms with Gasteiger partial charge in [-0.3, -0.25) is 0 Å². The zero-order valence-electron chi connectivity index (χ0n) is 34.9. The van der Waals surface area contributed by atoms with Crippen LogP contribution in [0.1, 0.15) is 61.4 Å². The van der Waals surface area contributed by atoms with Gasteiger partial charge >= 0.3 is 6.09 Å². The first-order valence-corrected chi connectivity index (χ1v) is 22.0. The van der Waals surface area contributed by atoms with Crippen LogP contribution in [0.5, 0.6) is 0 Å². The van der Waals surface area contributed by atoms with Crippen LogP contribution >= 0.6 is 0 Å². The third-order valence-corrected chi connectivity index (χ3v) is 12.1. The Morgan fingerprint density at radius 1 is 0.617 bits per heavy atom. The van der Waals surface area contributed by atoms with E-state index in [9.17, 15) is 13.2 Å². The van der Waals surface area contributed by atoms with E-state index < -0.39 is 57.4 Å². The number of carbonyl (C=O) groups is 1. The van der Waals surface area contributed by atoms with Crippen molar-refractivity contribution in [3.05, 3.63) is 173 Å². The van der Waals surface area contributed by atoms with Crippen LogP contribution in [-0.4, -0.2) is 62.6 Å². The third kappa shape index (κ3) is 13.3. The quantitative estimate of drug-likeness (QED) is 0.0869. The molecule has 5 aromatic rings. The summed E-state index contributed by atoms with van der Waals surface area (Å²) in [5, 5.41) is 1.33. The minimum absolute atomic E-state index is 0.0240. The van der Waals surface area contributed by atoms with Gasteiger partial charge in [0.2, 0.25) is 0 Å². The molecular weight excluding hydrogens is 779 g/mol. The maximum atomic E-state index is 14.3. The van der Waals surface area contributed by atoms with Crippen molar-refractivity contribution in [2.45, 2.75) is 113 Å². The molecule has 60 heavy (non-hydrogen) atoms. The highest BCUT2D eigenvalue weighted by atomic mass is 32.2. The van der Waals surface area contributed by atoms with Crippen molar-refractivity contribution < 1.29 is 41.6 Å². The lowest BCUT2D eigenvalue weighted by Gasteiger charge is -2.46. The van der Waals surface area contributed by atoms with Gasteiger partial charge in [0.1, 0.15) is 35.4 Å². The van der Waals surface area contributed by atoms with Crippen LogP contribution in [-0.2, 0) is 64.7 Å². The number of rotatable bonds is 19. The number of benzene rings is 5. The number of alkyl carbamates (subject to hydrolysis) is 1. The van der Waals surface area contributed by atoms with Crippen LogP contribution in [0.4, 0.5) is 4.79 Å². The second-order valence-corrected chi connectivity index (χ2v) is 18.2. The maximum absolute atomic E-state index is 14.3. The fourth-order valence-corrected chi connectivity index (χ4v) is 8.61. The number of hydrogen-bond donors (Lipinski definition) is 1. The number of carbonyl (C=O) groups excluding carboxylic acids is 1. The van der Waals surface area contributed by atoms with Crippen molar-refractivity contribution in [3.63, 3.8) is 0 Å². The molecule has 1 unspecified atom stereocenters. The van der Waals surface area contributed by atoms with Crippen molar-refractivity contribution in [2.24, 2.45) is 0 Å². The Kier molecular flexibility index (Phi) is 16.1. The largest absolute Gasteiger partial charge is 0.444 e. The summed E-state index contributed by atoms with van der Waals surface area (Å²) in [6, 6.07) is 46.1. The second-order valence-electron chi connectivity index (χ2n) is 16.1. The lowest BCUT2D eigenvalue weighted by atomic mass is 9.91. The van der Waals surface area contributed by atoms with Crippen LogP contribution in [0.3, 0.4) is 0 Å². The minimum Gasteiger partial charge on any atom is -0.444 e. The predicted octanol–water partition coefficient (Wildman–Crippen LogP) is 9.14. The summed E-state index contributed by atoms with van der Waals surface area (Å²) in [5.41, 5.74) is 3.95. The van der Waals surface area contributed by atoms with E-state index >= 15 is 0 Å². The van der Waals surface area contributed by atoms with Gasteiger partial charge in [0.25, 0.3) is 0 Å². The van der Waals surface area contributed by atoms with E-state index in [0.717, 1.165) is 27.8 Å².